The van der Waals surface area contributed by atoms with Crippen LogP contribution in [-0.2, 0) is 11.2 Å². The molecule has 1 aliphatic heterocycles. The van der Waals surface area contributed by atoms with Crippen LogP contribution in [0.5, 0.6) is 0 Å². The van der Waals surface area contributed by atoms with Crippen molar-refractivity contribution in [2.45, 2.75) is 18.9 Å². The molecule has 4 nitrogen and oxygen atoms in total. The van der Waals surface area contributed by atoms with E-state index in [1.54, 1.807) is 11.3 Å². The quantitative estimate of drug-likeness (QED) is 0.875. The fraction of sp³-hybridized carbons (Fsp3) is 0.545. The Kier molecular flexibility index (Phi) is 2.67. The minimum absolute atomic E-state index is 0.173. The molecule has 2 aromatic rings. The zero-order chi connectivity index (χ0) is 11.0. The van der Waals surface area contributed by atoms with E-state index in [1.165, 1.54) is 0 Å². The van der Waals surface area contributed by atoms with Crippen LogP contribution in [0.1, 0.15) is 12.1 Å². The van der Waals surface area contributed by atoms with Gasteiger partial charge in [0, 0.05) is 36.8 Å². The first-order valence-electron chi connectivity index (χ1n) is 5.57. The molecule has 0 aromatic carbocycles. The van der Waals surface area contributed by atoms with Crippen LogP contribution >= 0.6 is 11.3 Å². The summed E-state index contributed by atoms with van der Waals surface area (Å²) in [6, 6.07) is 0.173. The molecule has 3 heterocycles. The van der Waals surface area contributed by atoms with Crippen LogP contribution in [0.15, 0.2) is 17.8 Å². The van der Waals surface area contributed by atoms with Crippen molar-refractivity contribution in [2.24, 2.45) is 11.7 Å². The average Bonchev–Trinajstić information content (AvgIpc) is 2.91. The Morgan fingerprint density at radius 3 is 3.38 bits per heavy atom. The summed E-state index contributed by atoms with van der Waals surface area (Å²) in [5.74, 6) is 0.500. The summed E-state index contributed by atoms with van der Waals surface area (Å²) >= 11 is 1.65. The number of rotatable bonds is 3. The standard InChI is InChI=1S/C11H15N3OS/c12-10(8-1-3-15-7-8)5-9-6-14-2-4-16-11(14)13-9/h2,4,6,8,10H,1,3,5,7,12H2. The molecule has 2 unspecified atom stereocenters. The van der Waals surface area contributed by atoms with Gasteiger partial charge in [0.15, 0.2) is 4.96 Å². The van der Waals surface area contributed by atoms with E-state index in [-0.39, 0.29) is 6.04 Å². The van der Waals surface area contributed by atoms with E-state index in [4.69, 9.17) is 10.5 Å². The van der Waals surface area contributed by atoms with Crippen molar-refractivity contribution in [1.29, 1.82) is 0 Å². The monoisotopic (exact) mass is 237 g/mol. The van der Waals surface area contributed by atoms with Crippen LogP contribution < -0.4 is 5.73 Å². The maximum Gasteiger partial charge on any atom is 0.193 e. The van der Waals surface area contributed by atoms with Crippen LogP contribution in [0.25, 0.3) is 4.96 Å². The molecule has 0 aliphatic carbocycles. The highest BCUT2D eigenvalue weighted by atomic mass is 32.1. The number of nitrogens with zero attached hydrogens (tertiary/aromatic N) is 2. The molecule has 0 saturated carbocycles. The number of thiazole rings is 1. The predicted octanol–water partition coefficient (Wildman–Crippen LogP) is 1.30. The van der Waals surface area contributed by atoms with Gasteiger partial charge in [0.2, 0.25) is 0 Å². The Labute approximate surface area is 98.0 Å². The zero-order valence-electron chi connectivity index (χ0n) is 9.00. The van der Waals surface area contributed by atoms with Gasteiger partial charge in [-0.05, 0) is 12.3 Å². The third kappa shape index (κ3) is 1.86. The summed E-state index contributed by atoms with van der Waals surface area (Å²) in [4.78, 5) is 5.59. The molecule has 1 fully saturated rings. The van der Waals surface area contributed by atoms with Crippen molar-refractivity contribution in [3.63, 3.8) is 0 Å². The fourth-order valence-corrected chi connectivity index (χ4v) is 2.89. The average molecular weight is 237 g/mol. The van der Waals surface area contributed by atoms with E-state index in [0.717, 1.165) is 36.7 Å². The van der Waals surface area contributed by atoms with Gasteiger partial charge in [0.05, 0.1) is 12.3 Å². The van der Waals surface area contributed by atoms with E-state index in [2.05, 4.69) is 15.6 Å². The number of nitrogens with two attached hydrogens (primary N) is 1. The van der Waals surface area contributed by atoms with E-state index in [1.807, 2.05) is 11.6 Å². The molecule has 0 amide bonds. The van der Waals surface area contributed by atoms with E-state index >= 15 is 0 Å². The summed E-state index contributed by atoms with van der Waals surface area (Å²) < 4.78 is 7.41. The Bertz CT molecular complexity index is 444. The van der Waals surface area contributed by atoms with Gasteiger partial charge in [0.1, 0.15) is 0 Å². The fourth-order valence-electron chi connectivity index (χ4n) is 2.17. The predicted molar refractivity (Wildman–Crippen MR) is 63.7 cm³/mol. The molecule has 0 bridgehead atoms. The number of hydrogen-bond donors (Lipinski definition) is 1. The van der Waals surface area contributed by atoms with Gasteiger partial charge in [0.25, 0.3) is 0 Å². The van der Waals surface area contributed by atoms with Crippen molar-refractivity contribution in [3.05, 3.63) is 23.5 Å². The van der Waals surface area contributed by atoms with Crippen LogP contribution in [0, 0.1) is 5.92 Å². The summed E-state index contributed by atoms with van der Waals surface area (Å²) in [5, 5.41) is 2.04. The first-order chi connectivity index (χ1) is 7.83. The molecular weight excluding hydrogens is 222 g/mol. The third-order valence-electron chi connectivity index (χ3n) is 3.16. The maximum atomic E-state index is 6.18. The number of ether oxygens (including phenoxy) is 1. The normalized spacial score (nSPS) is 22.9. The van der Waals surface area contributed by atoms with Crippen LogP contribution in [0.4, 0.5) is 0 Å². The van der Waals surface area contributed by atoms with Crippen LogP contribution in [-0.4, -0.2) is 28.6 Å². The van der Waals surface area contributed by atoms with Gasteiger partial charge in [-0.3, -0.25) is 4.40 Å². The molecular formula is C11H15N3OS. The second-order valence-corrected chi connectivity index (χ2v) is 5.19. The Morgan fingerprint density at radius 2 is 2.62 bits per heavy atom. The molecule has 16 heavy (non-hydrogen) atoms. The van der Waals surface area contributed by atoms with Gasteiger partial charge >= 0.3 is 0 Å². The van der Waals surface area contributed by atoms with Crippen molar-refractivity contribution < 1.29 is 4.74 Å². The molecule has 1 saturated heterocycles. The van der Waals surface area contributed by atoms with E-state index < -0.39 is 0 Å². The Hall–Kier alpha value is -0.910. The first kappa shape index (κ1) is 10.3. The van der Waals surface area contributed by atoms with Gasteiger partial charge in [-0.25, -0.2) is 4.98 Å². The highest BCUT2D eigenvalue weighted by Gasteiger charge is 2.23. The minimum Gasteiger partial charge on any atom is -0.381 e. The smallest absolute Gasteiger partial charge is 0.193 e. The van der Waals surface area contributed by atoms with Crippen LogP contribution in [0.2, 0.25) is 0 Å². The number of aromatic nitrogens is 2. The first-order valence-corrected chi connectivity index (χ1v) is 6.45. The lowest BCUT2D eigenvalue weighted by Gasteiger charge is -2.15. The van der Waals surface area contributed by atoms with Gasteiger partial charge in [-0.1, -0.05) is 0 Å². The van der Waals surface area contributed by atoms with Crippen molar-refractivity contribution in [1.82, 2.24) is 9.38 Å². The third-order valence-corrected chi connectivity index (χ3v) is 3.93. The summed E-state index contributed by atoms with van der Waals surface area (Å²) in [5.41, 5.74) is 7.26. The largest absolute Gasteiger partial charge is 0.381 e. The Balaban J connectivity index is 1.71. The van der Waals surface area contributed by atoms with E-state index in [9.17, 15) is 0 Å². The second-order valence-electron chi connectivity index (χ2n) is 4.32. The maximum absolute atomic E-state index is 6.18. The molecule has 5 heteroatoms. The van der Waals surface area contributed by atoms with Crippen molar-refractivity contribution >= 4 is 16.3 Å². The lowest BCUT2D eigenvalue weighted by atomic mass is 9.96. The molecule has 0 spiro atoms. The number of fused-ring (bicyclic) bond motifs is 1. The minimum atomic E-state index is 0.173. The highest BCUT2D eigenvalue weighted by Crippen LogP contribution is 2.19. The summed E-state index contributed by atoms with van der Waals surface area (Å²) in [6.45, 7) is 1.67. The van der Waals surface area contributed by atoms with Gasteiger partial charge in [-0.2, -0.15) is 0 Å². The SMILES string of the molecule is NC(Cc1cn2ccsc2n1)C1CCOC1. The Morgan fingerprint density at radius 1 is 1.69 bits per heavy atom. The van der Waals surface area contributed by atoms with Crippen molar-refractivity contribution in [2.75, 3.05) is 13.2 Å². The molecule has 86 valence electrons. The number of hydrogen-bond acceptors (Lipinski definition) is 4. The lowest BCUT2D eigenvalue weighted by Crippen LogP contribution is -2.32. The van der Waals surface area contributed by atoms with Gasteiger partial charge < -0.3 is 10.5 Å². The van der Waals surface area contributed by atoms with Gasteiger partial charge in [-0.15, -0.1) is 11.3 Å². The topological polar surface area (TPSA) is 52.5 Å². The molecule has 1 aliphatic rings. The molecule has 2 N–H and O–H groups in total. The molecule has 2 atom stereocenters. The zero-order valence-corrected chi connectivity index (χ0v) is 9.82. The molecule has 0 radical (unpaired) electrons. The summed E-state index contributed by atoms with van der Waals surface area (Å²) in [7, 11) is 0. The lowest BCUT2D eigenvalue weighted by molar-refractivity contribution is 0.180. The molecule has 3 rings (SSSR count). The highest BCUT2D eigenvalue weighted by molar-refractivity contribution is 7.15. The van der Waals surface area contributed by atoms with Crippen molar-refractivity contribution in [3.8, 4) is 0 Å². The second kappa shape index (κ2) is 4.16. The van der Waals surface area contributed by atoms with E-state index in [0.29, 0.717) is 5.92 Å². The molecule has 2 aromatic heterocycles. The van der Waals surface area contributed by atoms with Crippen LogP contribution in [0.3, 0.4) is 0 Å². The summed E-state index contributed by atoms with van der Waals surface area (Å²) in [6.07, 6.45) is 6.04. The number of imidazole rings is 1.